The summed E-state index contributed by atoms with van der Waals surface area (Å²) < 4.78 is 0. The van der Waals surface area contributed by atoms with Crippen molar-refractivity contribution in [2.45, 2.75) is 12.8 Å². The Balaban J connectivity index is 1.79. The standard InChI is InChI=1S/C8H11NS/c1-2-7(1)5-9-8-3-4-10-6-8/h3-4,6-7,9H,1-2,5H2. The molecule has 0 spiro atoms. The molecular formula is C8H11NS. The SMILES string of the molecule is c1cc(NCC2CC2)cs1. The highest BCUT2D eigenvalue weighted by molar-refractivity contribution is 7.08. The molecule has 1 aliphatic carbocycles. The number of rotatable bonds is 3. The molecule has 1 fully saturated rings. The van der Waals surface area contributed by atoms with Gasteiger partial charge in [-0.2, -0.15) is 11.3 Å². The lowest BCUT2D eigenvalue weighted by molar-refractivity contribution is 0.890. The van der Waals surface area contributed by atoms with Gasteiger partial charge in [-0.05, 0) is 30.2 Å². The van der Waals surface area contributed by atoms with Crippen molar-refractivity contribution >= 4 is 17.0 Å². The second kappa shape index (κ2) is 2.62. The highest BCUT2D eigenvalue weighted by Gasteiger charge is 2.20. The van der Waals surface area contributed by atoms with Gasteiger partial charge >= 0.3 is 0 Å². The van der Waals surface area contributed by atoms with Gasteiger partial charge in [0.05, 0.1) is 0 Å². The van der Waals surface area contributed by atoms with E-state index >= 15 is 0 Å². The van der Waals surface area contributed by atoms with Gasteiger partial charge in [-0.1, -0.05) is 0 Å². The van der Waals surface area contributed by atoms with Crippen molar-refractivity contribution in [3.05, 3.63) is 16.8 Å². The molecule has 0 atom stereocenters. The van der Waals surface area contributed by atoms with E-state index in [4.69, 9.17) is 0 Å². The quantitative estimate of drug-likeness (QED) is 0.703. The van der Waals surface area contributed by atoms with Crippen LogP contribution in [0.2, 0.25) is 0 Å². The zero-order chi connectivity index (χ0) is 6.81. The third kappa shape index (κ3) is 1.51. The van der Waals surface area contributed by atoms with E-state index in [0.717, 1.165) is 5.92 Å². The van der Waals surface area contributed by atoms with Crippen molar-refractivity contribution in [2.24, 2.45) is 5.92 Å². The van der Waals surface area contributed by atoms with Crippen LogP contribution in [0.25, 0.3) is 0 Å². The van der Waals surface area contributed by atoms with Gasteiger partial charge in [0, 0.05) is 17.6 Å². The van der Waals surface area contributed by atoms with E-state index in [2.05, 4.69) is 22.1 Å². The van der Waals surface area contributed by atoms with Crippen LogP contribution in [0.5, 0.6) is 0 Å². The lowest BCUT2D eigenvalue weighted by atomic mass is 10.4. The molecule has 10 heavy (non-hydrogen) atoms. The molecule has 0 bridgehead atoms. The van der Waals surface area contributed by atoms with Gasteiger partial charge in [-0.3, -0.25) is 0 Å². The largest absolute Gasteiger partial charge is 0.384 e. The Morgan fingerprint density at radius 3 is 3.10 bits per heavy atom. The van der Waals surface area contributed by atoms with Crippen LogP contribution in [-0.2, 0) is 0 Å². The first-order valence-corrected chi connectivity index (χ1v) is 4.65. The summed E-state index contributed by atoms with van der Waals surface area (Å²) in [6, 6.07) is 2.13. The fourth-order valence-corrected chi connectivity index (χ4v) is 1.56. The molecule has 1 heterocycles. The average molecular weight is 153 g/mol. The summed E-state index contributed by atoms with van der Waals surface area (Å²) in [6.07, 6.45) is 2.86. The normalized spacial score (nSPS) is 17.2. The molecule has 0 saturated heterocycles. The first-order chi connectivity index (χ1) is 4.95. The molecule has 1 saturated carbocycles. The summed E-state index contributed by atoms with van der Waals surface area (Å²) in [4.78, 5) is 0. The second-order valence-corrected chi connectivity index (χ2v) is 3.62. The Morgan fingerprint density at radius 1 is 1.60 bits per heavy atom. The van der Waals surface area contributed by atoms with Crippen LogP contribution in [0.3, 0.4) is 0 Å². The van der Waals surface area contributed by atoms with Crippen LogP contribution in [0.4, 0.5) is 5.69 Å². The van der Waals surface area contributed by atoms with Gasteiger partial charge in [0.25, 0.3) is 0 Å². The lowest BCUT2D eigenvalue weighted by Gasteiger charge is -1.99. The average Bonchev–Trinajstić information content (AvgIpc) is 2.63. The Kier molecular flexibility index (Phi) is 1.63. The van der Waals surface area contributed by atoms with Crippen molar-refractivity contribution in [3.8, 4) is 0 Å². The maximum absolute atomic E-state index is 3.40. The number of hydrogen-bond donors (Lipinski definition) is 1. The van der Waals surface area contributed by atoms with Crippen molar-refractivity contribution in [3.63, 3.8) is 0 Å². The maximum Gasteiger partial charge on any atom is 0.0448 e. The number of nitrogens with one attached hydrogen (secondary N) is 1. The minimum atomic E-state index is 0.972. The zero-order valence-corrected chi connectivity index (χ0v) is 6.66. The van der Waals surface area contributed by atoms with Crippen LogP contribution in [0.1, 0.15) is 12.8 Å². The predicted molar refractivity (Wildman–Crippen MR) is 45.5 cm³/mol. The van der Waals surface area contributed by atoms with Crippen molar-refractivity contribution < 1.29 is 0 Å². The molecule has 0 radical (unpaired) electrons. The molecule has 0 amide bonds. The molecular weight excluding hydrogens is 142 g/mol. The molecule has 1 nitrogen and oxygen atoms in total. The fraction of sp³-hybridized carbons (Fsp3) is 0.500. The zero-order valence-electron chi connectivity index (χ0n) is 5.84. The molecule has 0 unspecified atom stereocenters. The molecule has 54 valence electrons. The Labute approximate surface area is 65.1 Å². The molecule has 1 aliphatic rings. The summed E-state index contributed by atoms with van der Waals surface area (Å²) in [5.41, 5.74) is 1.29. The Morgan fingerprint density at radius 2 is 2.50 bits per heavy atom. The van der Waals surface area contributed by atoms with E-state index in [1.165, 1.54) is 25.1 Å². The highest BCUT2D eigenvalue weighted by Crippen LogP contribution is 2.29. The van der Waals surface area contributed by atoms with Crippen molar-refractivity contribution in [1.82, 2.24) is 0 Å². The second-order valence-electron chi connectivity index (χ2n) is 2.84. The van der Waals surface area contributed by atoms with Crippen molar-refractivity contribution in [1.29, 1.82) is 0 Å². The Bertz CT molecular complexity index is 189. The van der Waals surface area contributed by atoms with Gasteiger partial charge in [-0.25, -0.2) is 0 Å². The molecule has 2 rings (SSSR count). The third-order valence-electron chi connectivity index (χ3n) is 1.81. The van der Waals surface area contributed by atoms with E-state index in [0.29, 0.717) is 0 Å². The predicted octanol–water partition coefficient (Wildman–Crippen LogP) is 2.57. The number of anilines is 1. The van der Waals surface area contributed by atoms with Gasteiger partial charge in [0.15, 0.2) is 0 Å². The highest BCUT2D eigenvalue weighted by atomic mass is 32.1. The lowest BCUT2D eigenvalue weighted by Crippen LogP contribution is -2.01. The molecule has 1 aromatic rings. The van der Waals surface area contributed by atoms with Gasteiger partial charge < -0.3 is 5.32 Å². The van der Waals surface area contributed by atoms with Crippen LogP contribution < -0.4 is 5.32 Å². The molecule has 0 aliphatic heterocycles. The first-order valence-electron chi connectivity index (χ1n) is 3.71. The molecule has 1 aromatic heterocycles. The van der Waals surface area contributed by atoms with Crippen molar-refractivity contribution in [2.75, 3.05) is 11.9 Å². The maximum atomic E-state index is 3.40. The van der Waals surface area contributed by atoms with Crippen LogP contribution in [-0.4, -0.2) is 6.54 Å². The summed E-state index contributed by atoms with van der Waals surface area (Å²) in [5, 5.41) is 7.66. The minimum absolute atomic E-state index is 0.972. The Hall–Kier alpha value is -0.500. The van der Waals surface area contributed by atoms with E-state index < -0.39 is 0 Å². The van der Waals surface area contributed by atoms with E-state index in [9.17, 15) is 0 Å². The molecule has 2 heteroatoms. The topological polar surface area (TPSA) is 12.0 Å². The number of thiophene rings is 1. The third-order valence-corrected chi connectivity index (χ3v) is 2.50. The van der Waals surface area contributed by atoms with Gasteiger partial charge in [-0.15, -0.1) is 0 Å². The molecule has 0 aromatic carbocycles. The van der Waals surface area contributed by atoms with Crippen LogP contribution >= 0.6 is 11.3 Å². The van der Waals surface area contributed by atoms with E-state index in [-0.39, 0.29) is 0 Å². The summed E-state index contributed by atoms with van der Waals surface area (Å²) in [6.45, 7) is 1.18. The monoisotopic (exact) mass is 153 g/mol. The fourth-order valence-electron chi connectivity index (χ4n) is 0.949. The number of hydrogen-bond acceptors (Lipinski definition) is 2. The van der Waals surface area contributed by atoms with Crippen LogP contribution in [0, 0.1) is 5.92 Å². The van der Waals surface area contributed by atoms with Gasteiger partial charge in [0.1, 0.15) is 0 Å². The van der Waals surface area contributed by atoms with E-state index in [1.54, 1.807) is 11.3 Å². The van der Waals surface area contributed by atoms with Crippen LogP contribution in [0.15, 0.2) is 16.8 Å². The van der Waals surface area contributed by atoms with Gasteiger partial charge in [0.2, 0.25) is 0 Å². The smallest absolute Gasteiger partial charge is 0.0448 e. The minimum Gasteiger partial charge on any atom is -0.384 e. The summed E-state index contributed by atoms with van der Waals surface area (Å²) >= 11 is 1.75. The van der Waals surface area contributed by atoms with E-state index in [1.807, 2.05) is 0 Å². The first kappa shape index (κ1) is 6.23. The summed E-state index contributed by atoms with van der Waals surface area (Å²) in [7, 11) is 0. The summed E-state index contributed by atoms with van der Waals surface area (Å²) in [5.74, 6) is 0.972. The molecule has 1 N–H and O–H groups in total.